The minimum Gasteiger partial charge on any atom is -0.350 e. The van der Waals surface area contributed by atoms with E-state index in [0.717, 1.165) is 31.7 Å². The molecule has 0 saturated heterocycles. The number of anilines is 1. The summed E-state index contributed by atoms with van der Waals surface area (Å²) in [6.45, 7) is 10.7. The Morgan fingerprint density at radius 1 is 1.09 bits per heavy atom. The maximum absolute atomic E-state index is 13.6. The predicted octanol–water partition coefficient (Wildman–Crippen LogP) is 4.16. The van der Waals surface area contributed by atoms with E-state index in [4.69, 9.17) is 0 Å². The van der Waals surface area contributed by atoms with Crippen LogP contribution in [0.25, 0.3) is 0 Å². The SMILES string of the molecule is Cc1ccc(C)c(N(CC(=O)N(Cc2cccc(Br)c2)[C@H](C)C(=O)NC(C)(C)C)S(C)(=O)=O)c1. The Labute approximate surface area is 211 Å². The lowest BCUT2D eigenvalue weighted by molar-refractivity contribution is -0.140. The van der Waals surface area contributed by atoms with Crippen LogP contribution in [0.5, 0.6) is 0 Å². The Kier molecular flexibility index (Phi) is 8.93. The lowest BCUT2D eigenvalue weighted by atomic mass is 10.1. The van der Waals surface area contributed by atoms with E-state index in [0.29, 0.717) is 5.69 Å². The summed E-state index contributed by atoms with van der Waals surface area (Å²) in [4.78, 5) is 28.0. The number of hydrogen-bond donors (Lipinski definition) is 1. The highest BCUT2D eigenvalue weighted by molar-refractivity contribution is 9.10. The third-order valence-corrected chi connectivity index (χ3v) is 6.84. The zero-order valence-corrected chi connectivity index (χ0v) is 23.2. The number of sulfonamides is 1. The molecule has 0 aliphatic carbocycles. The first-order valence-corrected chi connectivity index (χ1v) is 13.6. The zero-order valence-electron chi connectivity index (χ0n) is 20.8. The van der Waals surface area contributed by atoms with E-state index in [1.165, 1.54) is 4.90 Å². The highest BCUT2D eigenvalue weighted by Crippen LogP contribution is 2.25. The zero-order chi connectivity index (χ0) is 25.8. The molecule has 0 heterocycles. The molecule has 0 unspecified atom stereocenters. The Balaban J connectivity index is 2.45. The molecule has 2 rings (SSSR count). The van der Waals surface area contributed by atoms with E-state index >= 15 is 0 Å². The molecule has 186 valence electrons. The van der Waals surface area contributed by atoms with Crippen molar-refractivity contribution in [1.29, 1.82) is 0 Å². The van der Waals surface area contributed by atoms with Gasteiger partial charge in [0, 0.05) is 16.6 Å². The van der Waals surface area contributed by atoms with Crippen LogP contribution in [0.2, 0.25) is 0 Å². The van der Waals surface area contributed by atoms with Crippen molar-refractivity contribution in [3.63, 3.8) is 0 Å². The van der Waals surface area contributed by atoms with Crippen molar-refractivity contribution in [2.75, 3.05) is 17.1 Å². The molecule has 0 spiro atoms. The molecule has 0 radical (unpaired) electrons. The van der Waals surface area contributed by atoms with E-state index in [9.17, 15) is 18.0 Å². The normalized spacial score (nSPS) is 12.7. The van der Waals surface area contributed by atoms with Crippen LogP contribution in [0, 0.1) is 13.8 Å². The van der Waals surface area contributed by atoms with E-state index in [2.05, 4.69) is 21.2 Å². The first-order valence-electron chi connectivity index (χ1n) is 11.0. The molecule has 0 bridgehead atoms. The van der Waals surface area contributed by atoms with Crippen LogP contribution in [0.15, 0.2) is 46.9 Å². The van der Waals surface area contributed by atoms with Crippen molar-refractivity contribution >= 4 is 43.5 Å². The van der Waals surface area contributed by atoms with Crippen LogP contribution >= 0.6 is 15.9 Å². The van der Waals surface area contributed by atoms with Crippen molar-refractivity contribution in [3.8, 4) is 0 Å². The van der Waals surface area contributed by atoms with Gasteiger partial charge in [0.15, 0.2) is 0 Å². The van der Waals surface area contributed by atoms with Crippen LogP contribution in [-0.2, 0) is 26.2 Å². The topological polar surface area (TPSA) is 86.8 Å². The first-order chi connectivity index (χ1) is 15.6. The van der Waals surface area contributed by atoms with Gasteiger partial charge in [-0.05, 0) is 76.4 Å². The summed E-state index contributed by atoms with van der Waals surface area (Å²) in [6.07, 6.45) is 1.08. The van der Waals surface area contributed by atoms with Gasteiger partial charge in [-0.2, -0.15) is 0 Å². The number of benzene rings is 2. The van der Waals surface area contributed by atoms with Crippen molar-refractivity contribution in [2.24, 2.45) is 0 Å². The van der Waals surface area contributed by atoms with Crippen molar-refractivity contribution in [1.82, 2.24) is 10.2 Å². The molecule has 0 aromatic heterocycles. The monoisotopic (exact) mass is 551 g/mol. The summed E-state index contributed by atoms with van der Waals surface area (Å²) in [7, 11) is -3.76. The van der Waals surface area contributed by atoms with Gasteiger partial charge in [0.2, 0.25) is 21.8 Å². The second-order valence-corrected chi connectivity index (χ2v) is 12.4. The summed E-state index contributed by atoms with van der Waals surface area (Å²) < 4.78 is 27.4. The molecule has 0 fully saturated rings. The van der Waals surface area contributed by atoms with Gasteiger partial charge in [-0.1, -0.05) is 40.2 Å². The first kappa shape index (κ1) is 27.9. The number of rotatable bonds is 8. The lowest BCUT2D eigenvalue weighted by Gasteiger charge is -2.33. The summed E-state index contributed by atoms with van der Waals surface area (Å²) in [5.74, 6) is -0.781. The summed E-state index contributed by atoms with van der Waals surface area (Å²) in [5, 5.41) is 2.91. The second kappa shape index (κ2) is 10.9. The molecule has 1 N–H and O–H groups in total. The molecule has 0 aliphatic rings. The average Bonchev–Trinajstić information content (AvgIpc) is 2.69. The third-order valence-electron chi connectivity index (χ3n) is 5.22. The number of nitrogens with zero attached hydrogens (tertiary/aromatic N) is 2. The summed E-state index contributed by atoms with van der Waals surface area (Å²) in [6, 6.07) is 12.1. The van der Waals surface area contributed by atoms with E-state index in [1.54, 1.807) is 19.9 Å². The fraction of sp³-hybridized carbons (Fsp3) is 0.440. The van der Waals surface area contributed by atoms with Gasteiger partial charge >= 0.3 is 0 Å². The molecule has 1 atom stereocenters. The molecular weight excluding hydrogens is 518 g/mol. The minimum absolute atomic E-state index is 0.154. The van der Waals surface area contributed by atoms with Gasteiger partial charge in [0.25, 0.3) is 0 Å². The fourth-order valence-corrected chi connectivity index (χ4v) is 4.82. The van der Waals surface area contributed by atoms with Gasteiger partial charge in [-0.25, -0.2) is 8.42 Å². The lowest BCUT2D eigenvalue weighted by Crippen LogP contribution is -2.54. The molecule has 2 amide bonds. The number of hydrogen-bond acceptors (Lipinski definition) is 4. The Hall–Kier alpha value is -2.39. The number of carbonyl (C=O) groups is 2. The smallest absolute Gasteiger partial charge is 0.244 e. The third kappa shape index (κ3) is 7.84. The molecule has 0 saturated carbocycles. The molecule has 9 heteroatoms. The average molecular weight is 553 g/mol. The molecule has 7 nitrogen and oxygen atoms in total. The Bertz CT molecular complexity index is 1160. The molecule has 2 aromatic carbocycles. The summed E-state index contributed by atoms with van der Waals surface area (Å²) in [5.41, 5.74) is 2.40. The van der Waals surface area contributed by atoms with E-state index in [1.807, 2.05) is 64.1 Å². The van der Waals surface area contributed by atoms with Crippen LogP contribution in [-0.4, -0.2) is 49.5 Å². The van der Waals surface area contributed by atoms with Crippen LogP contribution in [0.4, 0.5) is 5.69 Å². The highest BCUT2D eigenvalue weighted by atomic mass is 79.9. The number of nitrogens with one attached hydrogen (secondary N) is 1. The number of aryl methyl sites for hydroxylation is 2. The maximum atomic E-state index is 13.6. The van der Waals surface area contributed by atoms with Gasteiger partial charge in [0.05, 0.1) is 11.9 Å². The van der Waals surface area contributed by atoms with Crippen molar-refractivity contribution < 1.29 is 18.0 Å². The number of halogens is 1. The maximum Gasteiger partial charge on any atom is 0.244 e. The highest BCUT2D eigenvalue weighted by Gasteiger charge is 2.31. The Morgan fingerprint density at radius 2 is 1.74 bits per heavy atom. The molecule has 0 aliphatic heterocycles. The van der Waals surface area contributed by atoms with E-state index < -0.39 is 34.1 Å². The standard InChI is InChI=1S/C25H34BrN3O4S/c1-17-11-12-18(2)22(13-17)29(34(7,32)33)16-23(30)28(15-20-9-8-10-21(26)14-20)19(3)24(31)27-25(4,5)6/h8-14,19H,15-16H2,1-7H3,(H,27,31)/t19-/m1/s1. The number of amides is 2. The van der Waals surface area contributed by atoms with Crippen LogP contribution in [0.1, 0.15) is 44.4 Å². The Morgan fingerprint density at radius 3 is 2.29 bits per heavy atom. The largest absolute Gasteiger partial charge is 0.350 e. The van der Waals surface area contributed by atoms with Gasteiger partial charge in [-0.15, -0.1) is 0 Å². The molecular formula is C25H34BrN3O4S. The van der Waals surface area contributed by atoms with Gasteiger partial charge < -0.3 is 10.2 Å². The van der Waals surface area contributed by atoms with Crippen LogP contribution < -0.4 is 9.62 Å². The van der Waals surface area contributed by atoms with Crippen molar-refractivity contribution in [2.45, 2.75) is 59.7 Å². The quantitative estimate of drug-likeness (QED) is 0.533. The fourth-order valence-electron chi connectivity index (χ4n) is 3.47. The van der Waals surface area contributed by atoms with Crippen LogP contribution in [0.3, 0.4) is 0 Å². The minimum atomic E-state index is -3.76. The molecule has 34 heavy (non-hydrogen) atoms. The second-order valence-electron chi connectivity index (χ2n) is 9.63. The van der Waals surface area contributed by atoms with E-state index in [-0.39, 0.29) is 12.5 Å². The van der Waals surface area contributed by atoms with Gasteiger partial charge in [0.1, 0.15) is 12.6 Å². The predicted molar refractivity (Wildman–Crippen MR) is 140 cm³/mol. The van der Waals surface area contributed by atoms with Gasteiger partial charge in [-0.3, -0.25) is 13.9 Å². The molecule has 2 aromatic rings. The van der Waals surface area contributed by atoms with Crippen molar-refractivity contribution in [3.05, 3.63) is 63.6 Å². The summed E-state index contributed by atoms with van der Waals surface area (Å²) >= 11 is 3.44. The number of carbonyl (C=O) groups excluding carboxylic acids is 2.